The molecule has 1 aromatic carbocycles. The molecule has 0 fully saturated rings. The molecule has 0 aliphatic heterocycles. The van der Waals surface area contributed by atoms with Crippen LogP contribution in [0.3, 0.4) is 0 Å². The van der Waals surface area contributed by atoms with E-state index in [9.17, 15) is 18.3 Å². The number of carboxylic acid groups (broad SMARTS) is 1. The fourth-order valence-electron chi connectivity index (χ4n) is 3.09. The number of aryl methyl sites for hydroxylation is 2. The molecule has 2 N–H and O–H groups in total. The first kappa shape index (κ1) is 21.7. The second-order valence-corrected chi connectivity index (χ2v) is 8.50. The summed E-state index contributed by atoms with van der Waals surface area (Å²) in [6.07, 6.45) is 3.06. The molecule has 0 aliphatic rings. The van der Waals surface area contributed by atoms with Crippen molar-refractivity contribution >= 4 is 27.5 Å². The Balaban J connectivity index is 2.41. The minimum atomic E-state index is -3.85. The molecular formula is C20H27N3O4S. The third-order valence-corrected chi connectivity index (χ3v) is 5.50. The quantitative estimate of drug-likeness (QED) is 0.658. The Bertz CT molecular complexity index is 932. The van der Waals surface area contributed by atoms with Gasteiger partial charge < -0.3 is 10.0 Å². The Morgan fingerprint density at radius 1 is 1.07 bits per heavy atom. The van der Waals surface area contributed by atoms with Crippen molar-refractivity contribution in [3.05, 3.63) is 47.2 Å². The number of benzene rings is 1. The normalized spacial score (nSPS) is 11.3. The van der Waals surface area contributed by atoms with Crippen LogP contribution in [-0.2, 0) is 10.0 Å². The Labute approximate surface area is 166 Å². The van der Waals surface area contributed by atoms with Gasteiger partial charge in [-0.3, -0.25) is 4.72 Å². The van der Waals surface area contributed by atoms with Crippen LogP contribution in [0.5, 0.6) is 0 Å². The topological polar surface area (TPSA) is 99.6 Å². The number of aromatic carboxylic acids is 1. The molecule has 7 nitrogen and oxygen atoms in total. The number of pyridine rings is 1. The van der Waals surface area contributed by atoms with Gasteiger partial charge in [0.05, 0.1) is 16.8 Å². The number of hydrogen-bond acceptors (Lipinski definition) is 5. The largest absolute Gasteiger partial charge is 0.478 e. The van der Waals surface area contributed by atoms with Crippen molar-refractivity contribution in [3.63, 3.8) is 0 Å². The van der Waals surface area contributed by atoms with Crippen LogP contribution in [-0.4, -0.2) is 37.6 Å². The highest BCUT2D eigenvalue weighted by atomic mass is 32.2. The number of carbonyl (C=O) groups is 1. The molecule has 0 atom stereocenters. The summed E-state index contributed by atoms with van der Waals surface area (Å²) in [6.45, 7) is 9.01. The van der Waals surface area contributed by atoms with Gasteiger partial charge in [-0.25, -0.2) is 18.2 Å². The first-order valence-corrected chi connectivity index (χ1v) is 10.8. The van der Waals surface area contributed by atoms with Gasteiger partial charge in [0, 0.05) is 13.1 Å². The summed E-state index contributed by atoms with van der Waals surface area (Å²) < 4.78 is 27.9. The van der Waals surface area contributed by atoms with Crippen LogP contribution in [0.4, 0.5) is 11.5 Å². The maximum absolute atomic E-state index is 12.7. The summed E-state index contributed by atoms with van der Waals surface area (Å²) in [7, 11) is -3.85. The highest BCUT2D eigenvalue weighted by molar-refractivity contribution is 7.92. The van der Waals surface area contributed by atoms with Crippen LogP contribution in [0.1, 0.15) is 48.2 Å². The number of anilines is 2. The second-order valence-electron chi connectivity index (χ2n) is 6.82. The maximum atomic E-state index is 12.7. The number of rotatable bonds is 9. The number of nitrogens with one attached hydrogen (secondary N) is 1. The van der Waals surface area contributed by atoms with Crippen LogP contribution in [0.2, 0.25) is 0 Å². The van der Waals surface area contributed by atoms with E-state index in [4.69, 9.17) is 0 Å². The molecule has 152 valence electrons. The number of carboxylic acids is 1. The van der Waals surface area contributed by atoms with E-state index in [2.05, 4.69) is 9.71 Å². The summed E-state index contributed by atoms with van der Waals surface area (Å²) in [5, 5.41) is 9.62. The van der Waals surface area contributed by atoms with E-state index >= 15 is 0 Å². The summed E-state index contributed by atoms with van der Waals surface area (Å²) in [5.74, 6) is -0.794. The first-order valence-electron chi connectivity index (χ1n) is 9.27. The van der Waals surface area contributed by atoms with Crippen LogP contribution in [0, 0.1) is 13.8 Å². The van der Waals surface area contributed by atoms with Crippen molar-refractivity contribution < 1.29 is 18.3 Å². The highest BCUT2D eigenvalue weighted by Gasteiger charge is 2.21. The summed E-state index contributed by atoms with van der Waals surface area (Å²) in [4.78, 5) is 18.1. The number of sulfonamides is 1. The molecule has 28 heavy (non-hydrogen) atoms. The number of nitrogens with zero attached hydrogens (tertiary/aromatic N) is 2. The molecule has 0 aliphatic carbocycles. The van der Waals surface area contributed by atoms with Gasteiger partial charge in [-0.1, -0.05) is 19.9 Å². The molecule has 0 saturated heterocycles. The van der Waals surface area contributed by atoms with E-state index < -0.39 is 16.0 Å². The van der Waals surface area contributed by atoms with Crippen LogP contribution < -0.4 is 9.62 Å². The van der Waals surface area contributed by atoms with Crippen molar-refractivity contribution in [1.82, 2.24) is 4.98 Å². The van der Waals surface area contributed by atoms with E-state index in [1.807, 2.05) is 38.7 Å². The monoisotopic (exact) mass is 405 g/mol. The zero-order valence-corrected chi connectivity index (χ0v) is 17.5. The van der Waals surface area contributed by atoms with Crippen LogP contribution >= 0.6 is 0 Å². The van der Waals surface area contributed by atoms with Gasteiger partial charge in [0.15, 0.2) is 0 Å². The lowest BCUT2D eigenvalue weighted by Crippen LogP contribution is -2.28. The summed E-state index contributed by atoms with van der Waals surface area (Å²) >= 11 is 0. The maximum Gasteiger partial charge on any atom is 0.339 e. The van der Waals surface area contributed by atoms with E-state index in [-0.39, 0.29) is 16.1 Å². The van der Waals surface area contributed by atoms with Crippen molar-refractivity contribution in [1.29, 1.82) is 0 Å². The average molecular weight is 406 g/mol. The molecule has 2 aromatic rings. The Hall–Kier alpha value is -2.61. The van der Waals surface area contributed by atoms with Crippen LogP contribution in [0.15, 0.2) is 35.4 Å². The van der Waals surface area contributed by atoms with Gasteiger partial charge in [-0.15, -0.1) is 0 Å². The molecule has 0 unspecified atom stereocenters. The zero-order valence-electron chi connectivity index (χ0n) is 16.7. The molecule has 0 amide bonds. The van der Waals surface area contributed by atoms with Crippen LogP contribution in [0.25, 0.3) is 0 Å². The molecule has 8 heteroatoms. The Kier molecular flexibility index (Phi) is 7.01. The van der Waals surface area contributed by atoms with Crippen molar-refractivity contribution in [2.24, 2.45) is 0 Å². The predicted octanol–water partition coefficient (Wildman–Crippen LogP) is 3.82. The lowest BCUT2D eigenvalue weighted by atomic mass is 10.2. The fourth-order valence-corrected chi connectivity index (χ4v) is 4.31. The van der Waals surface area contributed by atoms with Crippen molar-refractivity contribution in [3.8, 4) is 0 Å². The first-order chi connectivity index (χ1) is 13.2. The van der Waals surface area contributed by atoms with Gasteiger partial charge in [-0.2, -0.15) is 0 Å². The van der Waals surface area contributed by atoms with Gasteiger partial charge in [0.25, 0.3) is 10.0 Å². The SMILES string of the molecule is CCCN(CCC)c1ncc(NS(=O)(=O)c2cc(C)cc(C)c2)cc1C(=O)O. The standard InChI is InChI=1S/C20H27N3O4S/c1-5-7-23(8-6-2)19-18(20(24)25)12-16(13-21-19)22-28(26,27)17-10-14(3)9-15(4)11-17/h9-13,22H,5-8H2,1-4H3,(H,24,25). The van der Waals surface area contributed by atoms with E-state index in [0.717, 1.165) is 24.0 Å². The predicted molar refractivity (Wildman–Crippen MR) is 111 cm³/mol. The molecule has 1 heterocycles. The van der Waals surface area contributed by atoms with E-state index in [1.165, 1.54) is 12.3 Å². The number of aromatic nitrogens is 1. The van der Waals surface area contributed by atoms with Crippen molar-refractivity contribution in [2.45, 2.75) is 45.4 Å². The third kappa shape index (κ3) is 5.22. The Morgan fingerprint density at radius 3 is 2.14 bits per heavy atom. The molecule has 2 rings (SSSR count). The van der Waals surface area contributed by atoms with Crippen molar-refractivity contribution in [2.75, 3.05) is 22.7 Å². The molecule has 0 spiro atoms. The third-order valence-electron chi connectivity index (χ3n) is 4.14. The zero-order chi connectivity index (χ0) is 20.9. The smallest absolute Gasteiger partial charge is 0.339 e. The summed E-state index contributed by atoms with van der Waals surface area (Å²) in [5.41, 5.74) is 1.75. The summed E-state index contributed by atoms with van der Waals surface area (Å²) in [6, 6.07) is 6.34. The average Bonchev–Trinajstić information content (AvgIpc) is 2.60. The second kappa shape index (κ2) is 9.05. The Morgan fingerprint density at radius 2 is 1.64 bits per heavy atom. The van der Waals surface area contributed by atoms with Gasteiger partial charge in [0.2, 0.25) is 0 Å². The molecular weight excluding hydrogens is 378 g/mol. The minimum absolute atomic E-state index is 0.0254. The molecule has 0 bridgehead atoms. The van der Waals surface area contributed by atoms with E-state index in [1.54, 1.807) is 12.1 Å². The highest BCUT2D eigenvalue weighted by Crippen LogP contribution is 2.24. The minimum Gasteiger partial charge on any atom is -0.478 e. The van der Waals surface area contributed by atoms with E-state index in [0.29, 0.717) is 18.9 Å². The van der Waals surface area contributed by atoms with Gasteiger partial charge >= 0.3 is 5.97 Å². The fraction of sp³-hybridized carbons (Fsp3) is 0.400. The molecule has 0 radical (unpaired) electrons. The molecule has 0 saturated carbocycles. The molecule has 1 aromatic heterocycles. The lowest BCUT2D eigenvalue weighted by molar-refractivity contribution is 0.0697. The van der Waals surface area contributed by atoms with Gasteiger partial charge in [0.1, 0.15) is 11.4 Å². The van der Waals surface area contributed by atoms with Gasteiger partial charge in [-0.05, 0) is 56.0 Å². The lowest BCUT2D eigenvalue weighted by Gasteiger charge is -2.24. The number of hydrogen-bond donors (Lipinski definition) is 2.